The van der Waals surface area contributed by atoms with Gasteiger partial charge in [0, 0.05) is 20.1 Å². The van der Waals surface area contributed by atoms with Gasteiger partial charge in [0.2, 0.25) is 17.8 Å². The molecule has 116 valence electrons. The Bertz CT molecular complexity index is 492. The van der Waals surface area contributed by atoms with E-state index in [0.717, 1.165) is 25.9 Å². The molecule has 3 unspecified atom stereocenters. The molecule has 3 rings (SSSR count). The molecule has 2 aliphatic rings. The van der Waals surface area contributed by atoms with E-state index in [-0.39, 0.29) is 0 Å². The maximum Gasteiger partial charge on any atom is 0.231 e. The molecule has 2 fully saturated rings. The Morgan fingerprint density at radius 3 is 2.48 bits per heavy atom. The van der Waals surface area contributed by atoms with Crippen molar-refractivity contribution in [2.45, 2.75) is 51.4 Å². The number of hydrogen-bond donors (Lipinski definition) is 2. The van der Waals surface area contributed by atoms with Crippen molar-refractivity contribution in [3.8, 4) is 0 Å². The molecule has 2 bridgehead atoms. The van der Waals surface area contributed by atoms with Crippen molar-refractivity contribution >= 4 is 17.8 Å². The first-order valence-corrected chi connectivity index (χ1v) is 7.84. The highest BCUT2D eigenvalue weighted by Crippen LogP contribution is 2.35. The fraction of sp³-hybridized carbons (Fsp3) is 0.786. The van der Waals surface area contributed by atoms with Gasteiger partial charge >= 0.3 is 0 Å². The van der Waals surface area contributed by atoms with E-state index in [1.165, 1.54) is 6.42 Å². The molecule has 2 aliphatic heterocycles. The highest BCUT2D eigenvalue weighted by molar-refractivity contribution is 5.44. The molecule has 2 N–H and O–H groups in total. The third-order valence-corrected chi connectivity index (χ3v) is 4.31. The standard InChI is InChI=1S/C14H24N6O/c1-4-20(5-2)14-18-12(15-3)17-13(19-14)16-10-8-9-6-7-11(10)21-9/h9-11H,4-8H2,1-3H3,(H2,15,16,17,18,19). The smallest absolute Gasteiger partial charge is 0.231 e. The number of nitrogens with zero attached hydrogens (tertiary/aromatic N) is 4. The summed E-state index contributed by atoms with van der Waals surface area (Å²) < 4.78 is 5.87. The number of nitrogens with one attached hydrogen (secondary N) is 2. The summed E-state index contributed by atoms with van der Waals surface area (Å²) in [6, 6.07) is 0.320. The van der Waals surface area contributed by atoms with Gasteiger partial charge in [0.05, 0.1) is 18.2 Å². The van der Waals surface area contributed by atoms with E-state index < -0.39 is 0 Å². The molecule has 0 saturated carbocycles. The first-order valence-electron chi connectivity index (χ1n) is 7.84. The van der Waals surface area contributed by atoms with Gasteiger partial charge in [-0.1, -0.05) is 0 Å². The first-order chi connectivity index (χ1) is 10.2. The van der Waals surface area contributed by atoms with Crippen LogP contribution in [0, 0.1) is 0 Å². The number of ether oxygens (including phenoxy) is 1. The quantitative estimate of drug-likeness (QED) is 0.822. The van der Waals surface area contributed by atoms with Crippen LogP contribution >= 0.6 is 0 Å². The lowest BCUT2D eigenvalue weighted by Crippen LogP contribution is -2.32. The van der Waals surface area contributed by atoms with Crippen LogP contribution in [0.15, 0.2) is 0 Å². The summed E-state index contributed by atoms with van der Waals surface area (Å²) in [4.78, 5) is 15.5. The molecule has 3 heterocycles. The second-order valence-corrected chi connectivity index (χ2v) is 5.57. The molecule has 21 heavy (non-hydrogen) atoms. The van der Waals surface area contributed by atoms with E-state index in [1.807, 2.05) is 7.05 Å². The molecule has 0 aliphatic carbocycles. The van der Waals surface area contributed by atoms with Gasteiger partial charge in [-0.05, 0) is 33.1 Å². The molecule has 0 radical (unpaired) electrons. The number of fused-ring (bicyclic) bond motifs is 2. The van der Waals surface area contributed by atoms with Crippen LogP contribution in [0.4, 0.5) is 17.8 Å². The topological polar surface area (TPSA) is 75.2 Å². The maximum atomic E-state index is 5.87. The molecule has 7 heteroatoms. The van der Waals surface area contributed by atoms with E-state index in [2.05, 4.69) is 44.3 Å². The zero-order valence-electron chi connectivity index (χ0n) is 13.0. The zero-order valence-corrected chi connectivity index (χ0v) is 13.0. The van der Waals surface area contributed by atoms with Gasteiger partial charge in [-0.3, -0.25) is 0 Å². The molecule has 3 atom stereocenters. The van der Waals surface area contributed by atoms with Crippen molar-refractivity contribution in [1.29, 1.82) is 0 Å². The van der Waals surface area contributed by atoms with Crippen LogP contribution < -0.4 is 15.5 Å². The van der Waals surface area contributed by atoms with Crippen molar-refractivity contribution in [2.75, 3.05) is 35.7 Å². The second kappa shape index (κ2) is 6.01. The van der Waals surface area contributed by atoms with Crippen molar-refractivity contribution < 1.29 is 4.74 Å². The summed E-state index contributed by atoms with van der Waals surface area (Å²) in [6.45, 7) is 5.95. The summed E-state index contributed by atoms with van der Waals surface area (Å²) in [6.07, 6.45) is 4.09. The minimum absolute atomic E-state index is 0.307. The van der Waals surface area contributed by atoms with Crippen LogP contribution in [0.25, 0.3) is 0 Å². The van der Waals surface area contributed by atoms with Gasteiger partial charge in [0.1, 0.15) is 0 Å². The van der Waals surface area contributed by atoms with Crippen molar-refractivity contribution in [3.05, 3.63) is 0 Å². The summed E-state index contributed by atoms with van der Waals surface area (Å²) in [5.41, 5.74) is 0. The minimum atomic E-state index is 0.307. The number of aromatic nitrogens is 3. The molecule has 7 nitrogen and oxygen atoms in total. The highest BCUT2D eigenvalue weighted by atomic mass is 16.5. The van der Waals surface area contributed by atoms with E-state index >= 15 is 0 Å². The van der Waals surface area contributed by atoms with Gasteiger partial charge in [0.15, 0.2) is 0 Å². The Morgan fingerprint density at radius 2 is 1.90 bits per heavy atom. The highest BCUT2D eigenvalue weighted by Gasteiger charge is 2.41. The number of hydrogen-bond acceptors (Lipinski definition) is 7. The lowest BCUT2D eigenvalue weighted by atomic mass is 9.96. The SMILES string of the molecule is CCN(CC)c1nc(NC)nc(NC2CC3CCC2O3)n1. The van der Waals surface area contributed by atoms with E-state index in [0.29, 0.717) is 36.1 Å². The van der Waals surface area contributed by atoms with Crippen LogP contribution in [-0.4, -0.2) is 53.3 Å². The molecule has 0 aromatic carbocycles. The maximum absolute atomic E-state index is 5.87. The summed E-state index contributed by atoms with van der Waals surface area (Å²) in [5, 5.41) is 6.45. The lowest BCUT2D eigenvalue weighted by molar-refractivity contribution is 0.102. The van der Waals surface area contributed by atoms with Crippen molar-refractivity contribution in [1.82, 2.24) is 15.0 Å². The normalized spacial score (nSPS) is 26.9. The molecular weight excluding hydrogens is 268 g/mol. The van der Waals surface area contributed by atoms with E-state index in [4.69, 9.17) is 4.74 Å². The summed E-state index contributed by atoms with van der Waals surface area (Å²) in [5.74, 6) is 1.95. The Balaban J connectivity index is 1.79. The van der Waals surface area contributed by atoms with E-state index in [9.17, 15) is 0 Å². The third kappa shape index (κ3) is 2.88. The number of rotatable bonds is 6. The van der Waals surface area contributed by atoms with Crippen molar-refractivity contribution in [2.24, 2.45) is 0 Å². The summed E-state index contributed by atoms with van der Waals surface area (Å²) in [7, 11) is 1.83. The zero-order chi connectivity index (χ0) is 14.8. The molecular formula is C14H24N6O. The Hall–Kier alpha value is -1.63. The molecule has 1 aromatic rings. The number of anilines is 3. The van der Waals surface area contributed by atoms with Gasteiger partial charge in [-0.25, -0.2) is 0 Å². The Morgan fingerprint density at radius 1 is 1.14 bits per heavy atom. The molecule has 2 saturated heterocycles. The average Bonchev–Trinajstić information content (AvgIpc) is 3.11. The Labute approximate surface area is 125 Å². The van der Waals surface area contributed by atoms with Crippen molar-refractivity contribution in [3.63, 3.8) is 0 Å². The minimum Gasteiger partial charge on any atom is -0.373 e. The Kier molecular flexibility index (Phi) is 4.10. The predicted octanol–water partition coefficient (Wildman–Crippen LogP) is 1.49. The first kappa shape index (κ1) is 14.3. The van der Waals surface area contributed by atoms with Crippen LogP contribution in [0.2, 0.25) is 0 Å². The van der Waals surface area contributed by atoms with Gasteiger partial charge in [0.25, 0.3) is 0 Å². The predicted molar refractivity (Wildman–Crippen MR) is 82.9 cm³/mol. The van der Waals surface area contributed by atoms with Crippen LogP contribution in [0.3, 0.4) is 0 Å². The van der Waals surface area contributed by atoms with Crippen LogP contribution in [-0.2, 0) is 4.74 Å². The molecule has 0 spiro atoms. The van der Waals surface area contributed by atoms with E-state index in [1.54, 1.807) is 0 Å². The third-order valence-electron chi connectivity index (χ3n) is 4.31. The largest absolute Gasteiger partial charge is 0.373 e. The molecule has 0 amide bonds. The van der Waals surface area contributed by atoms with Gasteiger partial charge < -0.3 is 20.3 Å². The fourth-order valence-electron chi connectivity index (χ4n) is 3.14. The van der Waals surface area contributed by atoms with Gasteiger partial charge in [-0.15, -0.1) is 0 Å². The van der Waals surface area contributed by atoms with Gasteiger partial charge in [-0.2, -0.15) is 15.0 Å². The monoisotopic (exact) mass is 292 g/mol. The average molecular weight is 292 g/mol. The molecule has 1 aromatic heterocycles. The van der Waals surface area contributed by atoms with Crippen LogP contribution in [0.1, 0.15) is 33.1 Å². The second-order valence-electron chi connectivity index (χ2n) is 5.57. The fourth-order valence-corrected chi connectivity index (χ4v) is 3.14. The van der Waals surface area contributed by atoms with Crippen LogP contribution in [0.5, 0.6) is 0 Å². The lowest BCUT2D eigenvalue weighted by Gasteiger charge is -2.22. The summed E-state index contributed by atoms with van der Waals surface area (Å²) >= 11 is 0.